The number of aliphatic hydroxyl groups excluding tert-OH is 1. The quantitative estimate of drug-likeness (QED) is 0.710. The van der Waals surface area contributed by atoms with Crippen molar-refractivity contribution in [2.75, 3.05) is 6.54 Å². The smallest absolute Gasteiger partial charge is 0.0683 e. The summed E-state index contributed by atoms with van der Waals surface area (Å²) >= 11 is 0. The lowest BCUT2D eigenvalue weighted by atomic mass is 10.1. The van der Waals surface area contributed by atoms with Crippen molar-refractivity contribution in [3.8, 4) is 0 Å². The van der Waals surface area contributed by atoms with Crippen molar-refractivity contribution < 1.29 is 5.11 Å². The number of aliphatic hydroxyl groups is 1. The maximum atomic E-state index is 8.96. The third-order valence-corrected chi connectivity index (χ3v) is 2.45. The van der Waals surface area contributed by atoms with Crippen molar-refractivity contribution in [2.24, 2.45) is 0 Å². The molecule has 0 saturated carbocycles. The minimum absolute atomic E-state index is 0.0994. The molecule has 0 amide bonds. The molecule has 3 heteroatoms. The van der Waals surface area contributed by atoms with Crippen LogP contribution in [0.2, 0.25) is 0 Å². The summed E-state index contributed by atoms with van der Waals surface area (Å²) in [6, 6.07) is 4.22. The Hall–Kier alpha value is -0.930. The zero-order valence-corrected chi connectivity index (χ0v) is 7.53. The van der Waals surface area contributed by atoms with Gasteiger partial charge in [-0.25, -0.2) is 0 Å². The topological polar surface area (TPSA) is 45.2 Å². The Balaban J connectivity index is 2.18. The molecule has 1 saturated heterocycles. The Morgan fingerprint density at radius 2 is 2.54 bits per heavy atom. The largest absolute Gasteiger partial charge is 0.392 e. The van der Waals surface area contributed by atoms with Gasteiger partial charge in [0.25, 0.3) is 0 Å². The van der Waals surface area contributed by atoms with E-state index in [0.29, 0.717) is 6.04 Å². The number of nitrogens with zero attached hydrogens (tertiary/aromatic N) is 1. The lowest BCUT2D eigenvalue weighted by Gasteiger charge is -2.09. The molecule has 70 valence electrons. The molecule has 1 aliphatic rings. The summed E-state index contributed by atoms with van der Waals surface area (Å²) in [7, 11) is 0. The molecule has 3 nitrogen and oxygen atoms in total. The average molecular weight is 178 g/mol. The number of nitrogens with one attached hydrogen (secondary N) is 1. The lowest BCUT2D eigenvalue weighted by Crippen LogP contribution is -2.14. The maximum Gasteiger partial charge on any atom is 0.0683 e. The number of hydrogen-bond donors (Lipinski definition) is 2. The van der Waals surface area contributed by atoms with Gasteiger partial charge in [0.15, 0.2) is 0 Å². The fourth-order valence-corrected chi connectivity index (χ4v) is 1.72. The Kier molecular flexibility index (Phi) is 2.57. The summed E-state index contributed by atoms with van der Waals surface area (Å²) in [6.07, 6.45) is 4.14. The Morgan fingerprint density at radius 3 is 3.23 bits per heavy atom. The molecule has 1 aromatic rings. The van der Waals surface area contributed by atoms with Gasteiger partial charge in [0.05, 0.1) is 12.3 Å². The molecular formula is C10H14N2O. The molecule has 0 unspecified atom stereocenters. The first-order chi connectivity index (χ1) is 6.40. The second kappa shape index (κ2) is 3.85. The summed E-state index contributed by atoms with van der Waals surface area (Å²) in [5, 5.41) is 12.3. The van der Waals surface area contributed by atoms with Gasteiger partial charge in [-0.05, 0) is 37.1 Å². The van der Waals surface area contributed by atoms with Crippen LogP contribution in [0.3, 0.4) is 0 Å². The first-order valence-electron chi connectivity index (χ1n) is 4.69. The maximum absolute atomic E-state index is 8.96. The highest BCUT2D eigenvalue weighted by Gasteiger charge is 2.16. The van der Waals surface area contributed by atoms with E-state index in [1.807, 2.05) is 12.1 Å². The van der Waals surface area contributed by atoms with Crippen LogP contribution < -0.4 is 5.32 Å². The second-order valence-corrected chi connectivity index (χ2v) is 3.40. The van der Waals surface area contributed by atoms with Gasteiger partial charge in [0, 0.05) is 12.2 Å². The summed E-state index contributed by atoms with van der Waals surface area (Å²) in [6.45, 7) is 1.18. The van der Waals surface area contributed by atoms with Crippen LogP contribution in [0, 0.1) is 0 Å². The van der Waals surface area contributed by atoms with E-state index >= 15 is 0 Å². The Morgan fingerprint density at radius 1 is 1.62 bits per heavy atom. The predicted molar refractivity (Wildman–Crippen MR) is 50.1 cm³/mol. The first-order valence-corrected chi connectivity index (χ1v) is 4.69. The molecule has 2 N–H and O–H groups in total. The molecule has 1 aliphatic heterocycles. The third-order valence-electron chi connectivity index (χ3n) is 2.45. The highest BCUT2D eigenvalue weighted by Crippen LogP contribution is 2.21. The fourth-order valence-electron chi connectivity index (χ4n) is 1.72. The monoisotopic (exact) mass is 178 g/mol. The molecule has 1 atom stereocenters. The van der Waals surface area contributed by atoms with Gasteiger partial charge in [-0.2, -0.15) is 0 Å². The fraction of sp³-hybridized carbons (Fsp3) is 0.500. The van der Waals surface area contributed by atoms with Crippen molar-refractivity contribution in [1.82, 2.24) is 10.3 Å². The van der Waals surface area contributed by atoms with Crippen molar-refractivity contribution in [2.45, 2.75) is 25.5 Å². The van der Waals surface area contributed by atoms with Gasteiger partial charge < -0.3 is 10.4 Å². The van der Waals surface area contributed by atoms with Crippen LogP contribution in [-0.4, -0.2) is 16.6 Å². The SMILES string of the molecule is OCc1ccnc([C@H]2CCCN2)c1. The number of aromatic nitrogens is 1. The third kappa shape index (κ3) is 1.87. The van der Waals surface area contributed by atoms with Gasteiger partial charge in [-0.15, -0.1) is 0 Å². The zero-order chi connectivity index (χ0) is 9.10. The number of pyridine rings is 1. The number of rotatable bonds is 2. The molecule has 13 heavy (non-hydrogen) atoms. The summed E-state index contributed by atoms with van der Waals surface area (Å²) in [4.78, 5) is 4.30. The van der Waals surface area contributed by atoms with E-state index in [9.17, 15) is 0 Å². The van der Waals surface area contributed by atoms with Crippen LogP contribution in [0.5, 0.6) is 0 Å². The van der Waals surface area contributed by atoms with Crippen LogP contribution in [0.1, 0.15) is 30.1 Å². The van der Waals surface area contributed by atoms with E-state index in [4.69, 9.17) is 5.11 Å². The predicted octanol–water partition coefficient (Wildman–Crippen LogP) is 0.998. The van der Waals surface area contributed by atoms with Gasteiger partial charge >= 0.3 is 0 Å². The molecule has 2 heterocycles. The number of hydrogen-bond acceptors (Lipinski definition) is 3. The Labute approximate surface area is 77.8 Å². The van der Waals surface area contributed by atoms with Gasteiger partial charge in [-0.3, -0.25) is 4.98 Å². The van der Waals surface area contributed by atoms with E-state index in [0.717, 1.165) is 24.2 Å². The van der Waals surface area contributed by atoms with Crippen molar-refractivity contribution in [1.29, 1.82) is 0 Å². The van der Waals surface area contributed by atoms with E-state index in [2.05, 4.69) is 10.3 Å². The molecular weight excluding hydrogens is 164 g/mol. The minimum Gasteiger partial charge on any atom is -0.392 e. The molecule has 2 rings (SSSR count). The van der Waals surface area contributed by atoms with Gasteiger partial charge in [0.2, 0.25) is 0 Å². The molecule has 0 spiro atoms. The summed E-state index contributed by atoms with van der Waals surface area (Å²) in [5.41, 5.74) is 2.00. The van der Waals surface area contributed by atoms with E-state index < -0.39 is 0 Å². The lowest BCUT2D eigenvalue weighted by molar-refractivity contribution is 0.281. The van der Waals surface area contributed by atoms with Crippen LogP contribution in [0.15, 0.2) is 18.3 Å². The van der Waals surface area contributed by atoms with Crippen molar-refractivity contribution >= 4 is 0 Å². The minimum atomic E-state index is 0.0994. The van der Waals surface area contributed by atoms with Crippen molar-refractivity contribution in [3.63, 3.8) is 0 Å². The van der Waals surface area contributed by atoms with Crippen LogP contribution >= 0.6 is 0 Å². The average Bonchev–Trinajstić information content (AvgIpc) is 2.71. The summed E-state index contributed by atoms with van der Waals surface area (Å²) in [5.74, 6) is 0. The Bertz CT molecular complexity index is 282. The normalized spacial score (nSPS) is 22.1. The molecule has 1 aromatic heterocycles. The van der Waals surface area contributed by atoms with E-state index in [1.165, 1.54) is 6.42 Å². The zero-order valence-electron chi connectivity index (χ0n) is 7.53. The molecule has 0 aliphatic carbocycles. The molecule has 0 radical (unpaired) electrons. The molecule has 0 aromatic carbocycles. The highest BCUT2D eigenvalue weighted by molar-refractivity contribution is 5.18. The first kappa shape index (κ1) is 8.66. The van der Waals surface area contributed by atoms with Crippen molar-refractivity contribution in [3.05, 3.63) is 29.6 Å². The molecule has 0 bridgehead atoms. The molecule has 1 fully saturated rings. The van der Waals surface area contributed by atoms with Crippen LogP contribution in [0.4, 0.5) is 0 Å². The van der Waals surface area contributed by atoms with Gasteiger partial charge in [-0.1, -0.05) is 0 Å². The van der Waals surface area contributed by atoms with E-state index in [-0.39, 0.29) is 6.61 Å². The van der Waals surface area contributed by atoms with Crippen LogP contribution in [-0.2, 0) is 6.61 Å². The standard InChI is InChI=1S/C10H14N2O/c13-7-8-3-5-12-10(6-8)9-2-1-4-11-9/h3,5-6,9,11,13H,1-2,4,7H2/t9-/m1/s1. The van der Waals surface area contributed by atoms with E-state index in [1.54, 1.807) is 6.20 Å². The summed E-state index contributed by atoms with van der Waals surface area (Å²) < 4.78 is 0. The van der Waals surface area contributed by atoms with Crippen LogP contribution in [0.25, 0.3) is 0 Å². The highest BCUT2D eigenvalue weighted by atomic mass is 16.3. The second-order valence-electron chi connectivity index (χ2n) is 3.40. The van der Waals surface area contributed by atoms with Gasteiger partial charge in [0.1, 0.15) is 0 Å².